The minimum atomic E-state index is -1.38. The van der Waals surface area contributed by atoms with Gasteiger partial charge in [-0.25, -0.2) is 0 Å². The molecule has 0 unspecified atom stereocenters. The summed E-state index contributed by atoms with van der Waals surface area (Å²) in [7, 11) is 6.83. The molecule has 1 saturated carbocycles. The van der Waals surface area contributed by atoms with Crippen LogP contribution in [0.25, 0.3) is 11.6 Å². The Kier molecular flexibility index (Phi) is 10.7. The van der Waals surface area contributed by atoms with E-state index in [-0.39, 0.29) is 53.5 Å². The molecular formula is C52H46N4O7. The minimum Gasteiger partial charge on any atom is -0.502 e. The summed E-state index contributed by atoms with van der Waals surface area (Å²) in [4.78, 5) is 63.1. The molecule has 5 aromatic carbocycles. The van der Waals surface area contributed by atoms with Crippen LogP contribution in [0.4, 0.5) is 22.7 Å². The van der Waals surface area contributed by atoms with Crippen molar-refractivity contribution >= 4 is 57.8 Å². The second kappa shape index (κ2) is 16.5. The molecule has 2 amide bonds. The number of Topliss-reactive ketones (excluding diaryl/α,β-unsaturated/α-hetero) is 1. The molecule has 11 nitrogen and oxygen atoms in total. The van der Waals surface area contributed by atoms with Gasteiger partial charge in [0.1, 0.15) is 0 Å². The van der Waals surface area contributed by atoms with Crippen molar-refractivity contribution in [2.75, 3.05) is 38.1 Å². The van der Waals surface area contributed by atoms with E-state index in [4.69, 9.17) is 9.47 Å². The first-order valence-electron chi connectivity index (χ1n) is 21.0. The smallest absolute Gasteiger partial charge is 0.238 e. The maximum absolute atomic E-state index is 15.3. The quantitative estimate of drug-likeness (QED) is 0.0835. The number of methoxy groups -OCH3 is 2. The number of azo groups is 1. The number of phenolic OH excluding ortho intramolecular Hbond substituents is 1. The number of phenols is 1. The number of imide groups is 1. The monoisotopic (exact) mass is 838 g/mol. The number of benzene rings is 5. The number of fused-ring (bicyclic) bond motifs is 4. The minimum absolute atomic E-state index is 0.151. The molecule has 1 heterocycles. The number of nitrogens with zero attached hydrogens (tertiary/aromatic N) is 4. The lowest BCUT2D eigenvalue weighted by atomic mass is 9.45. The predicted octanol–water partition coefficient (Wildman–Crippen LogP) is 9.47. The fourth-order valence-corrected chi connectivity index (χ4v) is 10.2. The third kappa shape index (κ3) is 6.93. The largest absolute Gasteiger partial charge is 0.502 e. The van der Waals surface area contributed by atoms with Crippen molar-refractivity contribution < 1.29 is 33.8 Å². The molecule has 4 aliphatic rings. The van der Waals surface area contributed by atoms with Gasteiger partial charge in [-0.15, -0.1) is 0 Å². The fourth-order valence-electron chi connectivity index (χ4n) is 10.2. The van der Waals surface area contributed by atoms with Crippen LogP contribution >= 0.6 is 0 Å². The van der Waals surface area contributed by atoms with Crippen molar-refractivity contribution in [2.45, 2.75) is 18.3 Å². The molecule has 9 rings (SSSR count). The highest BCUT2D eigenvalue weighted by Gasteiger charge is 2.65. The van der Waals surface area contributed by atoms with E-state index in [1.165, 1.54) is 25.2 Å². The number of carbonyl (C=O) groups excluding carboxylic acids is 4. The Morgan fingerprint density at radius 2 is 1.37 bits per heavy atom. The van der Waals surface area contributed by atoms with Crippen LogP contribution in [0.2, 0.25) is 0 Å². The van der Waals surface area contributed by atoms with Crippen LogP contribution < -0.4 is 19.3 Å². The fraction of sp³-hybridized carbons (Fsp3) is 0.231. The molecule has 5 aromatic rings. The maximum atomic E-state index is 15.3. The van der Waals surface area contributed by atoms with Crippen LogP contribution in [0.5, 0.6) is 17.2 Å². The molecular weight excluding hydrogens is 793 g/mol. The number of ketones is 2. The molecule has 63 heavy (non-hydrogen) atoms. The highest BCUT2D eigenvalue weighted by Crippen LogP contribution is 2.61. The van der Waals surface area contributed by atoms with Crippen LogP contribution in [0, 0.1) is 29.6 Å². The molecule has 0 spiro atoms. The molecule has 11 heteroatoms. The molecule has 6 atom stereocenters. The average Bonchev–Trinajstić information content (AvgIpc) is 3.57. The third-order valence-electron chi connectivity index (χ3n) is 13.2. The van der Waals surface area contributed by atoms with E-state index in [9.17, 15) is 14.7 Å². The van der Waals surface area contributed by atoms with Gasteiger partial charge in [-0.1, -0.05) is 84.5 Å². The Labute approximate surface area is 365 Å². The molecule has 0 aromatic heterocycles. The number of aromatic hydroxyl groups is 1. The normalized spacial score (nSPS) is 24.2. The Bertz CT molecular complexity index is 2720. The van der Waals surface area contributed by atoms with Crippen LogP contribution in [0.15, 0.2) is 155 Å². The van der Waals surface area contributed by atoms with Gasteiger partial charge in [0.05, 0.1) is 48.5 Å². The third-order valence-corrected chi connectivity index (χ3v) is 13.2. The zero-order chi connectivity index (χ0) is 44.0. The van der Waals surface area contributed by atoms with Gasteiger partial charge in [-0.2, -0.15) is 10.2 Å². The molecule has 0 bridgehead atoms. The zero-order valence-corrected chi connectivity index (χ0v) is 35.3. The van der Waals surface area contributed by atoms with E-state index in [1.54, 1.807) is 36.4 Å². The highest BCUT2D eigenvalue weighted by atomic mass is 16.5. The predicted molar refractivity (Wildman–Crippen MR) is 241 cm³/mol. The number of amides is 2. The van der Waals surface area contributed by atoms with Gasteiger partial charge in [-0.3, -0.25) is 24.1 Å². The standard InChI is InChI=1S/C52H46N4O7/c1-55(2)36-20-16-34(17-21-36)53-54-35-18-22-37(23-19-35)56-50(60)39-25-24-38-41(47(39)51(56)61)29-43-48(58)40(32-11-7-5-8-12-32)30-46(57)52(43,33-13-9-6-10-14-33)42(38)26-15-31-27-44(62-3)49(59)45(28-31)63-4/h5-24,26-28,30,39,41-43,47,59H,25,29H2,1-4H3/t39-,41+,42-,43-,47-,52-/m0/s1. The lowest BCUT2D eigenvalue weighted by Gasteiger charge is -2.54. The van der Waals surface area contributed by atoms with Crippen molar-refractivity contribution in [3.8, 4) is 17.2 Å². The van der Waals surface area contributed by atoms with Gasteiger partial charge >= 0.3 is 0 Å². The maximum Gasteiger partial charge on any atom is 0.238 e. The molecule has 0 radical (unpaired) electrons. The first-order chi connectivity index (χ1) is 30.5. The van der Waals surface area contributed by atoms with Crippen molar-refractivity contribution in [1.29, 1.82) is 0 Å². The molecule has 2 fully saturated rings. The number of rotatable bonds is 10. The molecule has 3 aliphatic carbocycles. The first-order valence-corrected chi connectivity index (χ1v) is 21.0. The van der Waals surface area contributed by atoms with Crippen molar-refractivity contribution in [3.63, 3.8) is 0 Å². The second-order valence-electron chi connectivity index (χ2n) is 16.6. The molecule has 316 valence electrons. The lowest BCUT2D eigenvalue weighted by molar-refractivity contribution is -0.135. The van der Waals surface area contributed by atoms with Gasteiger partial charge in [-0.05, 0) is 102 Å². The Morgan fingerprint density at radius 1 is 0.762 bits per heavy atom. The topological polar surface area (TPSA) is 138 Å². The van der Waals surface area contributed by atoms with E-state index in [1.807, 2.05) is 122 Å². The summed E-state index contributed by atoms with van der Waals surface area (Å²) in [5.41, 5.74) is 4.44. The number of carbonyl (C=O) groups is 4. The summed E-state index contributed by atoms with van der Waals surface area (Å²) in [5, 5.41) is 19.5. The summed E-state index contributed by atoms with van der Waals surface area (Å²) in [6.45, 7) is 0. The van der Waals surface area contributed by atoms with E-state index in [2.05, 4.69) is 10.2 Å². The lowest BCUT2D eigenvalue weighted by Crippen LogP contribution is -2.59. The summed E-state index contributed by atoms with van der Waals surface area (Å²) in [6.07, 6.45) is 7.76. The Balaban J connectivity index is 1.12. The summed E-state index contributed by atoms with van der Waals surface area (Å²) in [6, 6.07) is 36.5. The van der Waals surface area contributed by atoms with Gasteiger partial charge in [0, 0.05) is 37.2 Å². The van der Waals surface area contributed by atoms with E-state index in [0.717, 1.165) is 11.3 Å². The highest BCUT2D eigenvalue weighted by molar-refractivity contribution is 6.31. The van der Waals surface area contributed by atoms with E-state index < -0.39 is 35.0 Å². The second-order valence-corrected chi connectivity index (χ2v) is 16.6. The van der Waals surface area contributed by atoms with Crippen LogP contribution in [-0.2, 0) is 24.6 Å². The van der Waals surface area contributed by atoms with Gasteiger partial charge in [0.25, 0.3) is 0 Å². The number of allylic oxidation sites excluding steroid dienone is 5. The number of hydrogen-bond acceptors (Lipinski definition) is 10. The summed E-state index contributed by atoms with van der Waals surface area (Å²) < 4.78 is 10.9. The van der Waals surface area contributed by atoms with Crippen LogP contribution in [0.1, 0.15) is 29.5 Å². The van der Waals surface area contributed by atoms with Crippen LogP contribution in [0.3, 0.4) is 0 Å². The molecule has 1 saturated heterocycles. The van der Waals surface area contributed by atoms with Crippen molar-refractivity contribution in [2.24, 2.45) is 39.8 Å². The molecule has 1 aliphatic heterocycles. The van der Waals surface area contributed by atoms with Crippen molar-refractivity contribution in [1.82, 2.24) is 0 Å². The zero-order valence-electron chi connectivity index (χ0n) is 35.3. The van der Waals surface area contributed by atoms with Gasteiger partial charge < -0.3 is 19.5 Å². The van der Waals surface area contributed by atoms with E-state index >= 15 is 9.59 Å². The SMILES string of the molecule is COc1cc(C=C[C@H]2C3=CC[C@@H]4C(=O)N(c5ccc(N=Nc6ccc(N(C)C)cc6)cc5)C(=O)[C@@H]4[C@@H]3C[C@H]3C(=O)C(c4ccccc4)=CC(=O)[C@@]23c2ccccc2)cc(OC)c1O. The van der Waals surface area contributed by atoms with Crippen LogP contribution in [-0.4, -0.2) is 56.8 Å². The van der Waals surface area contributed by atoms with Crippen molar-refractivity contribution in [3.05, 3.63) is 162 Å². The first kappa shape index (κ1) is 41.0. The summed E-state index contributed by atoms with van der Waals surface area (Å²) >= 11 is 0. The van der Waals surface area contributed by atoms with Gasteiger partial charge in [0.15, 0.2) is 23.1 Å². The van der Waals surface area contributed by atoms with Gasteiger partial charge in [0.2, 0.25) is 17.6 Å². The Morgan fingerprint density at radius 3 is 1.97 bits per heavy atom. The number of hydrogen-bond donors (Lipinski definition) is 1. The molecule has 1 N–H and O–H groups in total. The average molecular weight is 839 g/mol. The number of anilines is 2. The number of ether oxygens (including phenoxy) is 2. The van der Waals surface area contributed by atoms with E-state index in [0.29, 0.717) is 39.3 Å². The Hall–Kier alpha value is -7.40. The summed E-state index contributed by atoms with van der Waals surface area (Å²) in [5.74, 6) is -4.35.